The number of hydrazine groups is 1. The van der Waals surface area contributed by atoms with Crippen LogP contribution in [0, 0.1) is 0 Å². The minimum Gasteiger partial charge on any atom is -0.351 e. The van der Waals surface area contributed by atoms with Gasteiger partial charge in [-0.15, -0.1) is 0 Å². The summed E-state index contributed by atoms with van der Waals surface area (Å²) in [6, 6.07) is 17.6. The van der Waals surface area contributed by atoms with Crippen LogP contribution >= 0.6 is 11.6 Å². The lowest BCUT2D eigenvalue weighted by atomic mass is 10.1. The second kappa shape index (κ2) is 10.6. The zero-order chi connectivity index (χ0) is 26.0. The maximum atomic E-state index is 13.6. The molecule has 0 radical (unpaired) electrons. The van der Waals surface area contributed by atoms with E-state index in [1.54, 1.807) is 30.3 Å². The van der Waals surface area contributed by atoms with Crippen molar-refractivity contribution in [2.75, 3.05) is 31.2 Å². The number of carbonyl (C=O) groups is 2. The van der Waals surface area contributed by atoms with Crippen LogP contribution in [0.5, 0.6) is 0 Å². The third-order valence-corrected chi connectivity index (χ3v) is 8.70. The van der Waals surface area contributed by atoms with Gasteiger partial charge >= 0.3 is 0 Å². The number of benzene rings is 3. The Morgan fingerprint density at radius 2 is 1.73 bits per heavy atom. The fourth-order valence-corrected chi connectivity index (χ4v) is 6.52. The smallest absolute Gasteiger partial charge is 0.274 e. The summed E-state index contributed by atoms with van der Waals surface area (Å²) in [5.41, 5.74) is 4.27. The first-order valence-corrected chi connectivity index (χ1v) is 14.0. The van der Waals surface area contributed by atoms with Crippen LogP contribution in [0.15, 0.2) is 76.5 Å². The molecule has 5 rings (SSSR count). The summed E-state index contributed by atoms with van der Waals surface area (Å²) < 4.78 is 27.2. The highest BCUT2D eigenvalue weighted by Gasteiger charge is 2.36. The molecule has 0 atom stereocenters. The standard InChI is InChI=1S/C27H27ClN4O4S/c28-21-7-5-6-19(16-21)18-30-32-23-17-20(26(33)29-12-15-31-13-3-4-14-31)10-11-25(23)37(35,36)24-9-2-1-8-22(24)27(32)34/h1-2,5-11,16-17,30H,3-4,12-15,18H2,(H,29,33). The molecule has 8 nitrogen and oxygen atoms in total. The van der Waals surface area contributed by atoms with E-state index in [1.165, 1.54) is 48.2 Å². The van der Waals surface area contributed by atoms with Crippen LogP contribution in [-0.4, -0.2) is 51.3 Å². The Labute approximate surface area is 221 Å². The molecule has 3 aromatic rings. The third-order valence-electron chi connectivity index (χ3n) is 6.60. The Hall–Kier alpha value is -3.24. The number of likely N-dealkylation sites (tertiary alicyclic amines) is 1. The van der Waals surface area contributed by atoms with Gasteiger partial charge in [0.25, 0.3) is 11.8 Å². The summed E-state index contributed by atoms with van der Waals surface area (Å²) in [6.45, 7) is 3.51. The van der Waals surface area contributed by atoms with E-state index < -0.39 is 15.7 Å². The molecule has 2 aliphatic rings. The number of amides is 2. The molecule has 0 aliphatic carbocycles. The maximum absolute atomic E-state index is 13.6. The van der Waals surface area contributed by atoms with Gasteiger partial charge in [0.15, 0.2) is 0 Å². The van der Waals surface area contributed by atoms with Gasteiger partial charge in [-0.1, -0.05) is 35.9 Å². The molecule has 0 saturated carbocycles. The van der Waals surface area contributed by atoms with Gasteiger partial charge in [-0.3, -0.25) is 9.59 Å². The molecule has 0 unspecified atom stereocenters. The predicted molar refractivity (Wildman–Crippen MR) is 141 cm³/mol. The first kappa shape index (κ1) is 25.4. The second-order valence-corrected chi connectivity index (χ2v) is 11.4. The van der Waals surface area contributed by atoms with Gasteiger partial charge in [-0.05, 0) is 74.0 Å². The van der Waals surface area contributed by atoms with Crippen molar-refractivity contribution in [3.8, 4) is 0 Å². The van der Waals surface area contributed by atoms with Gasteiger partial charge in [0.1, 0.15) is 0 Å². The minimum absolute atomic E-state index is 0.0499. The molecule has 3 aromatic carbocycles. The van der Waals surface area contributed by atoms with Crippen LogP contribution in [-0.2, 0) is 16.4 Å². The molecular weight excluding hydrogens is 512 g/mol. The molecule has 0 bridgehead atoms. The molecule has 2 aliphatic heterocycles. The SMILES string of the molecule is O=C(NCCN1CCCC1)c1ccc2c(c1)N(NCc1cccc(Cl)c1)C(=O)c1ccccc1S2(=O)=O. The molecule has 0 spiro atoms. The van der Waals surface area contributed by atoms with E-state index in [9.17, 15) is 18.0 Å². The number of sulfone groups is 1. The fraction of sp³-hybridized carbons (Fsp3) is 0.259. The minimum atomic E-state index is -4.03. The molecular formula is C27H27ClN4O4S. The Balaban J connectivity index is 1.49. The van der Waals surface area contributed by atoms with Gasteiger partial charge in [0.05, 0.1) is 21.0 Å². The van der Waals surface area contributed by atoms with E-state index in [2.05, 4.69) is 15.6 Å². The molecule has 1 saturated heterocycles. The van der Waals surface area contributed by atoms with E-state index in [-0.39, 0.29) is 39.1 Å². The average Bonchev–Trinajstić information content (AvgIpc) is 3.40. The number of hydrogen-bond donors (Lipinski definition) is 2. The van der Waals surface area contributed by atoms with Crippen molar-refractivity contribution in [1.29, 1.82) is 0 Å². The maximum Gasteiger partial charge on any atom is 0.274 e. The zero-order valence-corrected chi connectivity index (χ0v) is 21.7. The monoisotopic (exact) mass is 538 g/mol. The predicted octanol–water partition coefficient (Wildman–Crippen LogP) is 3.66. The van der Waals surface area contributed by atoms with E-state index in [1.807, 2.05) is 6.07 Å². The molecule has 2 amide bonds. The number of anilines is 1. The summed E-state index contributed by atoms with van der Waals surface area (Å²) in [4.78, 5) is 28.8. The van der Waals surface area contributed by atoms with Gasteiger partial charge in [0, 0.05) is 30.2 Å². The van der Waals surface area contributed by atoms with Crippen molar-refractivity contribution in [2.45, 2.75) is 29.2 Å². The summed E-state index contributed by atoms with van der Waals surface area (Å²) in [6.07, 6.45) is 2.34. The Morgan fingerprint density at radius 3 is 2.51 bits per heavy atom. The lowest BCUT2D eigenvalue weighted by Crippen LogP contribution is -2.43. The summed E-state index contributed by atoms with van der Waals surface area (Å²) in [5.74, 6) is -0.866. The topological polar surface area (TPSA) is 98.8 Å². The fourth-order valence-electron chi connectivity index (χ4n) is 4.70. The molecule has 2 N–H and O–H groups in total. The highest BCUT2D eigenvalue weighted by Crippen LogP contribution is 2.36. The van der Waals surface area contributed by atoms with Crippen LogP contribution in [0.1, 0.15) is 39.1 Å². The quantitative estimate of drug-likeness (QED) is 0.476. The van der Waals surface area contributed by atoms with Crippen molar-refractivity contribution >= 4 is 38.9 Å². The van der Waals surface area contributed by atoms with Crippen LogP contribution in [0.3, 0.4) is 0 Å². The number of nitrogens with one attached hydrogen (secondary N) is 2. The first-order valence-electron chi connectivity index (χ1n) is 12.2. The van der Waals surface area contributed by atoms with E-state index in [0.717, 1.165) is 25.2 Å². The van der Waals surface area contributed by atoms with E-state index in [4.69, 9.17) is 11.6 Å². The number of nitrogens with zero attached hydrogens (tertiary/aromatic N) is 2. The van der Waals surface area contributed by atoms with Crippen molar-refractivity contribution in [3.63, 3.8) is 0 Å². The summed E-state index contributed by atoms with van der Waals surface area (Å²) in [5, 5.41) is 4.66. The van der Waals surface area contributed by atoms with Crippen LogP contribution < -0.4 is 15.8 Å². The highest BCUT2D eigenvalue weighted by atomic mass is 35.5. The summed E-state index contributed by atoms with van der Waals surface area (Å²) >= 11 is 6.11. The van der Waals surface area contributed by atoms with Crippen molar-refractivity contribution < 1.29 is 18.0 Å². The van der Waals surface area contributed by atoms with Crippen LogP contribution in [0.2, 0.25) is 5.02 Å². The van der Waals surface area contributed by atoms with Crippen LogP contribution in [0.4, 0.5) is 5.69 Å². The van der Waals surface area contributed by atoms with E-state index >= 15 is 0 Å². The Morgan fingerprint density at radius 1 is 0.946 bits per heavy atom. The Kier molecular flexibility index (Phi) is 7.30. The second-order valence-electron chi connectivity index (χ2n) is 9.09. The molecule has 192 valence electrons. The van der Waals surface area contributed by atoms with Crippen molar-refractivity contribution in [2.24, 2.45) is 0 Å². The Bertz CT molecular complexity index is 1450. The molecule has 1 fully saturated rings. The molecule has 10 heteroatoms. The van der Waals surface area contributed by atoms with Gasteiger partial charge in [-0.25, -0.2) is 18.9 Å². The number of rotatable bonds is 7. The van der Waals surface area contributed by atoms with Gasteiger partial charge in [0.2, 0.25) is 9.84 Å². The molecule has 2 heterocycles. The summed E-state index contributed by atoms with van der Waals surface area (Å²) in [7, 11) is -4.03. The van der Waals surface area contributed by atoms with Crippen molar-refractivity contribution in [1.82, 2.24) is 15.6 Å². The zero-order valence-electron chi connectivity index (χ0n) is 20.1. The number of carbonyl (C=O) groups excluding carboxylic acids is 2. The van der Waals surface area contributed by atoms with Crippen LogP contribution in [0.25, 0.3) is 0 Å². The number of halogens is 1. The van der Waals surface area contributed by atoms with E-state index in [0.29, 0.717) is 11.6 Å². The normalized spacial score (nSPS) is 16.7. The highest BCUT2D eigenvalue weighted by molar-refractivity contribution is 7.91. The molecule has 37 heavy (non-hydrogen) atoms. The number of hydrogen-bond acceptors (Lipinski definition) is 6. The lowest BCUT2D eigenvalue weighted by Gasteiger charge is -2.24. The largest absolute Gasteiger partial charge is 0.351 e. The molecule has 0 aromatic heterocycles. The van der Waals surface area contributed by atoms with Gasteiger partial charge in [-0.2, -0.15) is 0 Å². The number of fused-ring (bicyclic) bond motifs is 2. The van der Waals surface area contributed by atoms with Crippen molar-refractivity contribution in [3.05, 3.63) is 88.4 Å². The third kappa shape index (κ3) is 5.26. The first-order chi connectivity index (χ1) is 17.8. The average molecular weight is 539 g/mol. The van der Waals surface area contributed by atoms with Gasteiger partial charge < -0.3 is 10.2 Å². The lowest BCUT2D eigenvalue weighted by molar-refractivity contribution is 0.0944.